The first-order valence-corrected chi connectivity index (χ1v) is 9.47. The quantitative estimate of drug-likeness (QED) is 0.597. The third-order valence-electron chi connectivity index (χ3n) is 4.16. The van der Waals surface area contributed by atoms with Gasteiger partial charge >= 0.3 is 5.97 Å². The van der Waals surface area contributed by atoms with Crippen LogP contribution in [0.1, 0.15) is 28.4 Å². The number of nitrogens with one attached hydrogen (secondary N) is 2. The van der Waals surface area contributed by atoms with E-state index in [4.69, 9.17) is 9.47 Å². The second-order valence-electron chi connectivity index (χ2n) is 6.33. The van der Waals surface area contributed by atoms with Crippen molar-refractivity contribution in [3.8, 4) is 5.75 Å². The summed E-state index contributed by atoms with van der Waals surface area (Å²) in [6, 6.07) is 14.5. The Bertz CT molecular complexity index is 833. The molecule has 0 radical (unpaired) electrons. The maximum atomic E-state index is 12.0. The molecule has 29 heavy (non-hydrogen) atoms. The van der Waals surface area contributed by atoms with Gasteiger partial charge in [0.2, 0.25) is 0 Å². The first-order valence-electron chi connectivity index (χ1n) is 9.47. The second kappa shape index (κ2) is 11.5. The zero-order chi connectivity index (χ0) is 21.1. The first kappa shape index (κ1) is 21.9. The maximum Gasteiger partial charge on any atom is 0.325 e. The molecule has 2 rings (SSSR count). The predicted molar refractivity (Wildman–Crippen MR) is 109 cm³/mol. The van der Waals surface area contributed by atoms with Gasteiger partial charge in [-0.2, -0.15) is 0 Å². The van der Waals surface area contributed by atoms with E-state index in [0.29, 0.717) is 30.9 Å². The fourth-order valence-corrected chi connectivity index (χ4v) is 2.60. The van der Waals surface area contributed by atoms with Crippen molar-refractivity contribution in [2.75, 3.05) is 26.3 Å². The van der Waals surface area contributed by atoms with Crippen molar-refractivity contribution in [3.63, 3.8) is 0 Å². The molecular weight excluding hydrogens is 372 g/mol. The summed E-state index contributed by atoms with van der Waals surface area (Å²) in [7, 11) is 0. The molecule has 0 aliphatic rings. The molecular formula is C22H26N2O5. The Morgan fingerprint density at radius 3 is 2.38 bits per heavy atom. The molecule has 2 aromatic carbocycles. The summed E-state index contributed by atoms with van der Waals surface area (Å²) in [5.74, 6) is -0.812. The van der Waals surface area contributed by atoms with E-state index in [1.165, 1.54) is 0 Å². The van der Waals surface area contributed by atoms with Gasteiger partial charge in [-0.1, -0.05) is 24.3 Å². The number of aryl methyl sites for hydroxylation is 1. The van der Waals surface area contributed by atoms with Crippen molar-refractivity contribution in [3.05, 3.63) is 65.2 Å². The van der Waals surface area contributed by atoms with Crippen LogP contribution in [0, 0.1) is 6.92 Å². The van der Waals surface area contributed by atoms with Crippen molar-refractivity contribution >= 4 is 17.8 Å². The molecule has 0 aromatic heterocycles. The molecule has 2 N–H and O–H groups in total. The zero-order valence-electron chi connectivity index (χ0n) is 16.7. The standard InChI is InChI=1S/C22H26N2O5/c1-3-28-19-10-8-18(9-11-19)22(27)24-14-21(26)29-15-20(25)23-13-12-17-7-5-4-6-16(17)2/h4-11H,3,12-15H2,1-2H3,(H,23,25)(H,24,27). The molecule has 2 aromatic rings. The molecule has 0 spiro atoms. The predicted octanol–water partition coefficient (Wildman–Crippen LogP) is 2.03. The number of hydrogen-bond donors (Lipinski definition) is 2. The minimum atomic E-state index is -0.682. The highest BCUT2D eigenvalue weighted by Crippen LogP contribution is 2.11. The molecule has 2 amide bonds. The Kier molecular flexibility index (Phi) is 8.69. The number of benzene rings is 2. The number of ether oxygens (including phenoxy) is 2. The van der Waals surface area contributed by atoms with E-state index in [1.54, 1.807) is 24.3 Å². The van der Waals surface area contributed by atoms with Crippen LogP contribution in [0.4, 0.5) is 0 Å². The third kappa shape index (κ3) is 7.65. The van der Waals surface area contributed by atoms with Crippen LogP contribution in [0.25, 0.3) is 0 Å². The van der Waals surface area contributed by atoms with Gasteiger partial charge in [0.1, 0.15) is 12.3 Å². The van der Waals surface area contributed by atoms with E-state index in [-0.39, 0.29) is 19.1 Å². The minimum absolute atomic E-state index is 0.317. The normalized spacial score (nSPS) is 10.1. The Morgan fingerprint density at radius 2 is 1.69 bits per heavy atom. The molecule has 0 heterocycles. The number of hydrogen-bond acceptors (Lipinski definition) is 5. The summed E-state index contributed by atoms with van der Waals surface area (Å²) in [6.07, 6.45) is 0.699. The lowest BCUT2D eigenvalue weighted by molar-refractivity contribution is -0.147. The highest BCUT2D eigenvalue weighted by atomic mass is 16.5. The Labute approximate surface area is 170 Å². The van der Waals surface area contributed by atoms with Crippen LogP contribution in [0.15, 0.2) is 48.5 Å². The smallest absolute Gasteiger partial charge is 0.325 e. The molecule has 0 fully saturated rings. The molecule has 7 heteroatoms. The van der Waals surface area contributed by atoms with Gasteiger partial charge in [-0.3, -0.25) is 14.4 Å². The second-order valence-corrected chi connectivity index (χ2v) is 6.33. The average molecular weight is 398 g/mol. The molecule has 7 nitrogen and oxygen atoms in total. The zero-order valence-corrected chi connectivity index (χ0v) is 16.7. The van der Waals surface area contributed by atoms with Crippen LogP contribution >= 0.6 is 0 Å². The number of esters is 1. The molecule has 0 saturated heterocycles. The van der Waals surface area contributed by atoms with Crippen molar-refractivity contribution < 1.29 is 23.9 Å². The molecule has 0 atom stereocenters. The van der Waals surface area contributed by atoms with Crippen molar-refractivity contribution in [2.24, 2.45) is 0 Å². The van der Waals surface area contributed by atoms with Gasteiger partial charge in [0, 0.05) is 12.1 Å². The third-order valence-corrected chi connectivity index (χ3v) is 4.16. The number of carbonyl (C=O) groups excluding carboxylic acids is 3. The van der Waals surface area contributed by atoms with Gasteiger partial charge < -0.3 is 20.1 Å². The minimum Gasteiger partial charge on any atom is -0.494 e. The van der Waals surface area contributed by atoms with Gasteiger partial charge in [-0.25, -0.2) is 0 Å². The lowest BCUT2D eigenvalue weighted by atomic mass is 10.1. The fraction of sp³-hybridized carbons (Fsp3) is 0.318. The molecule has 0 bridgehead atoms. The Hall–Kier alpha value is -3.35. The summed E-state index contributed by atoms with van der Waals surface area (Å²) >= 11 is 0. The van der Waals surface area contributed by atoms with Crippen molar-refractivity contribution in [1.29, 1.82) is 0 Å². The SMILES string of the molecule is CCOc1ccc(C(=O)NCC(=O)OCC(=O)NCCc2ccccc2C)cc1. The van der Waals surface area contributed by atoms with Crippen molar-refractivity contribution in [1.82, 2.24) is 10.6 Å². The Morgan fingerprint density at radius 1 is 0.966 bits per heavy atom. The Balaban J connectivity index is 1.64. The molecule has 0 saturated carbocycles. The molecule has 0 aliphatic carbocycles. The van der Waals surface area contributed by atoms with Crippen LogP contribution in [0.3, 0.4) is 0 Å². The van der Waals surface area contributed by atoms with Crippen molar-refractivity contribution in [2.45, 2.75) is 20.3 Å². The van der Waals surface area contributed by atoms with E-state index in [9.17, 15) is 14.4 Å². The van der Waals surface area contributed by atoms with Crippen LogP contribution in [0.2, 0.25) is 0 Å². The van der Waals surface area contributed by atoms with Crippen LogP contribution in [-0.2, 0) is 20.7 Å². The van der Waals surface area contributed by atoms with Gasteiger partial charge in [-0.05, 0) is 55.7 Å². The first-order chi connectivity index (χ1) is 14.0. The number of amides is 2. The van der Waals surface area contributed by atoms with Gasteiger partial charge in [0.25, 0.3) is 11.8 Å². The van der Waals surface area contributed by atoms with Gasteiger partial charge in [0.15, 0.2) is 6.61 Å². The highest BCUT2D eigenvalue weighted by Gasteiger charge is 2.11. The largest absolute Gasteiger partial charge is 0.494 e. The van der Waals surface area contributed by atoms with Gasteiger partial charge in [-0.15, -0.1) is 0 Å². The van der Waals surface area contributed by atoms with E-state index < -0.39 is 11.9 Å². The van der Waals surface area contributed by atoms with E-state index >= 15 is 0 Å². The van der Waals surface area contributed by atoms with Crippen LogP contribution in [-0.4, -0.2) is 44.1 Å². The summed E-state index contributed by atoms with van der Waals surface area (Å²) in [4.78, 5) is 35.5. The molecule has 0 aliphatic heterocycles. The number of rotatable bonds is 10. The van der Waals surface area contributed by atoms with Crippen LogP contribution < -0.4 is 15.4 Å². The molecule has 154 valence electrons. The maximum absolute atomic E-state index is 12.0. The lowest BCUT2D eigenvalue weighted by Gasteiger charge is -2.09. The van der Waals surface area contributed by atoms with Crippen LogP contribution in [0.5, 0.6) is 5.75 Å². The van der Waals surface area contributed by atoms with Gasteiger partial charge in [0.05, 0.1) is 6.61 Å². The number of carbonyl (C=O) groups is 3. The lowest BCUT2D eigenvalue weighted by Crippen LogP contribution is -2.34. The van der Waals surface area contributed by atoms with E-state index in [1.807, 2.05) is 38.1 Å². The fourth-order valence-electron chi connectivity index (χ4n) is 2.60. The highest BCUT2D eigenvalue weighted by molar-refractivity contribution is 5.96. The van der Waals surface area contributed by atoms with E-state index in [0.717, 1.165) is 11.1 Å². The van der Waals surface area contributed by atoms with E-state index in [2.05, 4.69) is 10.6 Å². The summed E-state index contributed by atoms with van der Waals surface area (Å²) in [5.41, 5.74) is 2.72. The topological polar surface area (TPSA) is 93.7 Å². The summed E-state index contributed by atoms with van der Waals surface area (Å²) < 4.78 is 10.2. The summed E-state index contributed by atoms with van der Waals surface area (Å²) in [6.45, 7) is 4.18. The monoisotopic (exact) mass is 398 g/mol. The average Bonchev–Trinajstić information content (AvgIpc) is 2.72. The molecule has 0 unspecified atom stereocenters. The summed E-state index contributed by atoms with van der Waals surface area (Å²) in [5, 5.41) is 5.16.